The molecule has 2 N–H and O–H groups in total. The number of nitrogens with one attached hydrogen (secondary N) is 2. The highest BCUT2D eigenvalue weighted by Gasteiger charge is 2.11. The molecule has 2 amide bonds. The van der Waals surface area contributed by atoms with Gasteiger partial charge in [0.2, 0.25) is 0 Å². The molecule has 1 fully saturated rings. The molecule has 0 atom stereocenters. The molecular weight excluding hydrogens is 314 g/mol. The zero-order valence-corrected chi connectivity index (χ0v) is 14.6. The Bertz CT molecular complexity index is 694. The predicted octanol–water partition coefficient (Wildman–Crippen LogP) is 4.01. The van der Waals surface area contributed by atoms with Gasteiger partial charge in [0.1, 0.15) is 5.75 Å². The first-order valence-corrected chi connectivity index (χ1v) is 8.86. The van der Waals surface area contributed by atoms with Crippen molar-refractivity contribution in [2.24, 2.45) is 0 Å². The third-order valence-electron chi connectivity index (χ3n) is 4.26. The molecular formula is C20H25N3O2. The number of hydrogen-bond acceptors (Lipinski definition) is 3. The summed E-state index contributed by atoms with van der Waals surface area (Å²) in [5.74, 6) is 0.748. The van der Waals surface area contributed by atoms with Crippen molar-refractivity contribution in [2.75, 3.05) is 29.9 Å². The fourth-order valence-corrected chi connectivity index (χ4v) is 2.99. The molecule has 1 heterocycles. The molecule has 5 heteroatoms. The van der Waals surface area contributed by atoms with Crippen molar-refractivity contribution in [1.29, 1.82) is 0 Å². The lowest BCUT2D eigenvalue weighted by Gasteiger charge is -2.17. The van der Waals surface area contributed by atoms with Crippen molar-refractivity contribution in [3.8, 4) is 5.75 Å². The molecule has 0 bridgehead atoms. The largest absolute Gasteiger partial charge is 0.494 e. The minimum absolute atomic E-state index is 0.225. The summed E-state index contributed by atoms with van der Waals surface area (Å²) in [5.41, 5.74) is 3.06. The molecule has 0 aliphatic carbocycles. The van der Waals surface area contributed by atoms with E-state index in [1.165, 1.54) is 18.5 Å². The Balaban J connectivity index is 1.49. The summed E-state index contributed by atoms with van der Waals surface area (Å²) in [7, 11) is 0. The van der Waals surface area contributed by atoms with Crippen LogP contribution in [0.5, 0.6) is 5.75 Å². The van der Waals surface area contributed by atoms with Crippen LogP contribution in [0.3, 0.4) is 0 Å². The number of carbonyl (C=O) groups is 1. The Kier molecular flexibility index (Phi) is 5.77. The molecule has 1 aliphatic rings. The van der Waals surface area contributed by atoms with Gasteiger partial charge in [0.05, 0.1) is 6.61 Å². The number of carbonyl (C=O) groups excluding carboxylic acids is 1. The van der Waals surface area contributed by atoms with Gasteiger partial charge in [-0.15, -0.1) is 0 Å². The van der Waals surface area contributed by atoms with Crippen molar-refractivity contribution < 1.29 is 9.53 Å². The fourth-order valence-electron chi connectivity index (χ4n) is 2.99. The van der Waals surface area contributed by atoms with Gasteiger partial charge in [0.25, 0.3) is 0 Å². The Morgan fingerprint density at radius 2 is 1.88 bits per heavy atom. The molecule has 0 radical (unpaired) electrons. The van der Waals surface area contributed by atoms with E-state index in [9.17, 15) is 4.79 Å². The average Bonchev–Trinajstić information content (AvgIpc) is 3.16. The Labute approximate surface area is 149 Å². The number of benzene rings is 2. The number of amides is 2. The predicted molar refractivity (Wildman–Crippen MR) is 101 cm³/mol. The van der Waals surface area contributed by atoms with E-state index in [1.54, 1.807) is 0 Å². The van der Waals surface area contributed by atoms with Gasteiger partial charge in [-0.05, 0) is 49.6 Å². The third kappa shape index (κ3) is 4.89. The van der Waals surface area contributed by atoms with Crippen LogP contribution in [-0.4, -0.2) is 25.7 Å². The van der Waals surface area contributed by atoms with E-state index >= 15 is 0 Å². The summed E-state index contributed by atoms with van der Waals surface area (Å²) >= 11 is 0. The molecule has 0 saturated carbocycles. The molecule has 5 nitrogen and oxygen atoms in total. The van der Waals surface area contributed by atoms with Gasteiger partial charge >= 0.3 is 6.03 Å². The minimum atomic E-state index is -0.225. The van der Waals surface area contributed by atoms with Crippen LogP contribution in [0.4, 0.5) is 16.2 Å². The van der Waals surface area contributed by atoms with Crippen molar-refractivity contribution >= 4 is 17.4 Å². The van der Waals surface area contributed by atoms with Crippen LogP contribution >= 0.6 is 0 Å². The number of rotatable bonds is 6. The number of anilines is 2. The van der Waals surface area contributed by atoms with Crippen LogP contribution in [-0.2, 0) is 6.54 Å². The minimum Gasteiger partial charge on any atom is -0.494 e. The lowest BCUT2D eigenvalue weighted by atomic mass is 10.2. The molecule has 2 aromatic carbocycles. The number of hydrogen-bond donors (Lipinski definition) is 2. The van der Waals surface area contributed by atoms with Crippen LogP contribution in [0, 0.1) is 0 Å². The van der Waals surface area contributed by atoms with E-state index in [0.29, 0.717) is 18.8 Å². The van der Waals surface area contributed by atoms with Crippen LogP contribution < -0.4 is 20.3 Å². The second-order valence-electron chi connectivity index (χ2n) is 6.13. The number of urea groups is 1. The lowest BCUT2D eigenvalue weighted by Crippen LogP contribution is -2.28. The van der Waals surface area contributed by atoms with Gasteiger partial charge in [-0.3, -0.25) is 0 Å². The molecule has 0 unspecified atom stereocenters. The molecule has 3 rings (SSSR count). The van der Waals surface area contributed by atoms with E-state index in [2.05, 4.69) is 39.8 Å². The summed E-state index contributed by atoms with van der Waals surface area (Å²) < 4.78 is 5.44. The van der Waals surface area contributed by atoms with Crippen molar-refractivity contribution in [3.05, 3.63) is 54.1 Å². The normalized spacial score (nSPS) is 13.6. The molecule has 1 aliphatic heterocycles. The highest BCUT2D eigenvalue weighted by molar-refractivity contribution is 5.89. The van der Waals surface area contributed by atoms with Crippen molar-refractivity contribution in [1.82, 2.24) is 5.32 Å². The molecule has 25 heavy (non-hydrogen) atoms. The highest BCUT2D eigenvalue weighted by atomic mass is 16.5. The van der Waals surface area contributed by atoms with Crippen molar-refractivity contribution in [3.63, 3.8) is 0 Å². The standard InChI is InChI=1S/C20H25N3O2/c1-2-25-19-7-5-6-17(14-19)22-20(24)21-15-16-8-10-18(11-9-16)23-12-3-4-13-23/h5-11,14H,2-4,12-13,15H2,1H3,(H2,21,22,24). The Hall–Kier alpha value is -2.69. The summed E-state index contributed by atoms with van der Waals surface area (Å²) in [6.45, 7) is 5.31. The monoisotopic (exact) mass is 339 g/mol. The number of nitrogens with zero attached hydrogens (tertiary/aromatic N) is 1. The van der Waals surface area contributed by atoms with E-state index in [-0.39, 0.29) is 6.03 Å². The maximum Gasteiger partial charge on any atom is 0.319 e. The maximum atomic E-state index is 12.1. The second-order valence-corrected chi connectivity index (χ2v) is 6.13. The summed E-state index contributed by atoms with van der Waals surface area (Å²) in [5, 5.41) is 5.71. The average molecular weight is 339 g/mol. The van der Waals surface area contributed by atoms with E-state index in [0.717, 1.165) is 24.4 Å². The molecule has 1 saturated heterocycles. The molecule has 0 aromatic heterocycles. The summed E-state index contributed by atoms with van der Waals surface area (Å²) in [6.07, 6.45) is 2.54. The van der Waals surface area contributed by atoms with Gasteiger partial charge in [-0.1, -0.05) is 18.2 Å². The zero-order chi connectivity index (χ0) is 17.5. The lowest BCUT2D eigenvalue weighted by molar-refractivity contribution is 0.251. The van der Waals surface area contributed by atoms with Crippen LogP contribution in [0.25, 0.3) is 0 Å². The Morgan fingerprint density at radius 1 is 1.12 bits per heavy atom. The first-order valence-electron chi connectivity index (χ1n) is 8.86. The molecule has 0 spiro atoms. The summed E-state index contributed by atoms with van der Waals surface area (Å²) in [6, 6.07) is 15.6. The quantitative estimate of drug-likeness (QED) is 0.836. The van der Waals surface area contributed by atoms with Gasteiger partial charge in [-0.25, -0.2) is 4.79 Å². The fraction of sp³-hybridized carbons (Fsp3) is 0.350. The van der Waals surface area contributed by atoms with Gasteiger partial charge < -0.3 is 20.3 Å². The van der Waals surface area contributed by atoms with E-state index < -0.39 is 0 Å². The summed E-state index contributed by atoms with van der Waals surface area (Å²) in [4.78, 5) is 14.5. The van der Waals surface area contributed by atoms with E-state index in [1.807, 2.05) is 31.2 Å². The smallest absolute Gasteiger partial charge is 0.319 e. The first-order chi connectivity index (χ1) is 12.2. The second kappa shape index (κ2) is 8.42. The third-order valence-corrected chi connectivity index (χ3v) is 4.26. The van der Waals surface area contributed by atoms with Crippen LogP contribution in [0.15, 0.2) is 48.5 Å². The van der Waals surface area contributed by atoms with Gasteiger partial charge in [0, 0.05) is 37.1 Å². The first kappa shape index (κ1) is 17.1. The zero-order valence-electron chi connectivity index (χ0n) is 14.6. The van der Waals surface area contributed by atoms with Gasteiger partial charge in [0.15, 0.2) is 0 Å². The SMILES string of the molecule is CCOc1cccc(NC(=O)NCc2ccc(N3CCCC3)cc2)c1. The maximum absolute atomic E-state index is 12.1. The highest BCUT2D eigenvalue weighted by Crippen LogP contribution is 2.20. The molecule has 2 aromatic rings. The topological polar surface area (TPSA) is 53.6 Å². The van der Waals surface area contributed by atoms with Crippen LogP contribution in [0.2, 0.25) is 0 Å². The van der Waals surface area contributed by atoms with Crippen LogP contribution in [0.1, 0.15) is 25.3 Å². The van der Waals surface area contributed by atoms with E-state index in [4.69, 9.17) is 4.74 Å². The molecule has 132 valence electrons. The number of ether oxygens (including phenoxy) is 1. The Morgan fingerprint density at radius 3 is 2.60 bits per heavy atom. The van der Waals surface area contributed by atoms with Gasteiger partial charge in [-0.2, -0.15) is 0 Å². The van der Waals surface area contributed by atoms with Crippen molar-refractivity contribution in [2.45, 2.75) is 26.3 Å².